The van der Waals surface area contributed by atoms with Gasteiger partial charge in [-0.05, 0) is 25.5 Å². The third-order valence-electron chi connectivity index (χ3n) is 5.24. The maximum absolute atomic E-state index is 13.9. The second-order valence-electron chi connectivity index (χ2n) is 6.97. The summed E-state index contributed by atoms with van der Waals surface area (Å²) in [6, 6.07) is 3.84. The molecule has 2 aliphatic rings. The van der Waals surface area contributed by atoms with Crippen molar-refractivity contribution in [3.8, 4) is 0 Å². The Morgan fingerprint density at radius 2 is 2.12 bits per heavy atom. The molecule has 25 heavy (non-hydrogen) atoms. The van der Waals surface area contributed by atoms with Gasteiger partial charge in [-0.2, -0.15) is 10.1 Å². The molecule has 1 aliphatic heterocycles. The third kappa shape index (κ3) is 3.44. The number of hydrogen-bond acceptors (Lipinski definition) is 6. The monoisotopic (exact) mass is 345 g/mol. The van der Waals surface area contributed by atoms with E-state index in [-0.39, 0.29) is 5.92 Å². The normalized spacial score (nSPS) is 24.2. The highest BCUT2D eigenvalue weighted by atomic mass is 19.1. The Hall–Kier alpha value is -2.22. The Bertz CT molecular complexity index is 713. The third-order valence-corrected chi connectivity index (χ3v) is 5.24. The van der Waals surface area contributed by atoms with Crippen LogP contribution in [0, 0.1) is 5.92 Å². The number of aromatic nitrogens is 4. The van der Waals surface area contributed by atoms with Crippen LogP contribution in [0.5, 0.6) is 0 Å². The summed E-state index contributed by atoms with van der Waals surface area (Å²) < 4.78 is 13.9. The number of nitrogens with two attached hydrogens (primary N) is 1. The topological polar surface area (TPSA) is 95.8 Å². The fourth-order valence-electron chi connectivity index (χ4n) is 3.77. The second kappa shape index (κ2) is 6.95. The number of aromatic amines is 1. The van der Waals surface area contributed by atoms with Gasteiger partial charge in [-0.15, -0.1) is 0 Å². The van der Waals surface area contributed by atoms with E-state index < -0.39 is 6.17 Å². The number of halogens is 1. The van der Waals surface area contributed by atoms with Crippen molar-refractivity contribution in [1.29, 1.82) is 0 Å². The van der Waals surface area contributed by atoms with Crippen LogP contribution in [0.25, 0.3) is 0 Å². The maximum atomic E-state index is 13.9. The van der Waals surface area contributed by atoms with Gasteiger partial charge in [-0.25, -0.2) is 9.37 Å². The standard InChI is InChI=1S/C17H24FN7/c18-13-10-25(9-12(13)8-19)17-20-6-5-15(22-17)21-16-7-14(23-24-16)11-3-1-2-4-11/h5-7,11-13H,1-4,8-10,19H2,(H2,20,21,22,23,24)/t12-,13+/m1/s1. The lowest BCUT2D eigenvalue weighted by atomic mass is 10.0. The summed E-state index contributed by atoms with van der Waals surface area (Å²) >= 11 is 0. The minimum atomic E-state index is -0.925. The van der Waals surface area contributed by atoms with E-state index in [0.29, 0.717) is 37.3 Å². The van der Waals surface area contributed by atoms with Gasteiger partial charge in [0, 0.05) is 36.3 Å². The fraction of sp³-hybridized carbons (Fsp3) is 0.588. The molecular formula is C17H24FN7. The first-order valence-corrected chi connectivity index (χ1v) is 8.97. The molecule has 0 aromatic carbocycles. The van der Waals surface area contributed by atoms with Crippen LogP contribution in [-0.4, -0.2) is 46.0 Å². The summed E-state index contributed by atoms with van der Waals surface area (Å²) in [5, 5.41) is 10.7. The quantitative estimate of drug-likeness (QED) is 0.770. The number of nitrogens with zero attached hydrogens (tertiary/aromatic N) is 4. The largest absolute Gasteiger partial charge is 0.337 e. The Morgan fingerprint density at radius 1 is 1.28 bits per heavy atom. The molecule has 1 saturated carbocycles. The van der Waals surface area contributed by atoms with Gasteiger partial charge in [0.1, 0.15) is 12.0 Å². The van der Waals surface area contributed by atoms with E-state index in [9.17, 15) is 4.39 Å². The predicted molar refractivity (Wildman–Crippen MR) is 94.8 cm³/mol. The van der Waals surface area contributed by atoms with Crippen molar-refractivity contribution in [2.45, 2.75) is 37.8 Å². The van der Waals surface area contributed by atoms with E-state index in [1.165, 1.54) is 31.4 Å². The molecule has 0 amide bonds. The molecule has 3 heterocycles. The van der Waals surface area contributed by atoms with Gasteiger partial charge < -0.3 is 16.0 Å². The summed E-state index contributed by atoms with van der Waals surface area (Å²) in [5.74, 6) is 2.36. The Kier molecular flexibility index (Phi) is 4.52. The molecular weight excluding hydrogens is 321 g/mol. The molecule has 134 valence electrons. The summed E-state index contributed by atoms with van der Waals surface area (Å²) in [5.41, 5.74) is 6.80. The zero-order chi connectivity index (χ0) is 17.2. The van der Waals surface area contributed by atoms with Crippen LogP contribution < -0.4 is 16.0 Å². The highest BCUT2D eigenvalue weighted by Crippen LogP contribution is 2.34. The summed E-state index contributed by atoms with van der Waals surface area (Å²) in [4.78, 5) is 10.6. The summed E-state index contributed by atoms with van der Waals surface area (Å²) in [7, 11) is 0. The van der Waals surface area contributed by atoms with Gasteiger partial charge in [-0.1, -0.05) is 12.8 Å². The lowest BCUT2D eigenvalue weighted by molar-refractivity contribution is 0.289. The molecule has 1 aliphatic carbocycles. The van der Waals surface area contributed by atoms with Crippen LogP contribution in [0.3, 0.4) is 0 Å². The van der Waals surface area contributed by atoms with Crippen LogP contribution in [0.1, 0.15) is 37.3 Å². The molecule has 7 nitrogen and oxygen atoms in total. The van der Waals surface area contributed by atoms with Gasteiger partial charge in [0.2, 0.25) is 5.95 Å². The number of H-pyrrole nitrogens is 1. The first-order valence-electron chi connectivity index (χ1n) is 8.97. The van der Waals surface area contributed by atoms with E-state index in [1.807, 2.05) is 4.90 Å². The smallest absolute Gasteiger partial charge is 0.227 e. The van der Waals surface area contributed by atoms with Crippen LogP contribution in [0.4, 0.5) is 22.0 Å². The number of hydrogen-bond donors (Lipinski definition) is 3. The average molecular weight is 345 g/mol. The Balaban J connectivity index is 1.45. The van der Waals surface area contributed by atoms with E-state index in [0.717, 1.165) is 5.82 Å². The van der Waals surface area contributed by atoms with Gasteiger partial charge >= 0.3 is 0 Å². The van der Waals surface area contributed by atoms with E-state index in [1.54, 1.807) is 12.3 Å². The first kappa shape index (κ1) is 16.3. The van der Waals surface area contributed by atoms with Crippen molar-refractivity contribution in [2.75, 3.05) is 29.9 Å². The zero-order valence-corrected chi connectivity index (χ0v) is 14.2. The Labute approximate surface area is 146 Å². The van der Waals surface area contributed by atoms with E-state index in [2.05, 4.69) is 31.5 Å². The highest BCUT2D eigenvalue weighted by molar-refractivity contribution is 5.53. The SMILES string of the molecule is NC[C@@H]1CN(c2nccc(Nc3cc(C4CCCC4)[nH]n3)n2)C[C@@H]1F. The lowest BCUT2D eigenvalue weighted by Crippen LogP contribution is -2.24. The molecule has 1 saturated heterocycles. The molecule has 2 atom stereocenters. The van der Waals surface area contributed by atoms with Crippen molar-refractivity contribution < 1.29 is 4.39 Å². The molecule has 4 N–H and O–H groups in total. The van der Waals surface area contributed by atoms with Crippen molar-refractivity contribution in [3.63, 3.8) is 0 Å². The van der Waals surface area contributed by atoms with Crippen molar-refractivity contribution in [1.82, 2.24) is 20.2 Å². The minimum absolute atomic E-state index is 0.152. The van der Waals surface area contributed by atoms with Crippen LogP contribution in [-0.2, 0) is 0 Å². The molecule has 2 fully saturated rings. The Morgan fingerprint density at radius 3 is 2.88 bits per heavy atom. The summed E-state index contributed by atoms with van der Waals surface area (Å²) in [6.07, 6.45) is 5.78. The second-order valence-corrected chi connectivity index (χ2v) is 6.97. The minimum Gasteiger partial charge on any atom is -0.337 e. The number of anilines is 3. The molecule has 0 unspecified atom stereocenters. The molecule has 0 spiro atoms. The molecule has 0 bridgehead atoms. The van der Waals surface area contributed by atoms with Crippen LogP contribution in [0.15, 0.2) is 18.3 Å². The zero-order valence-electron chi connectivity index (χ0n) is 14.2. The van der Waals surface area contributed by atoms with Gasteiger partial charge in [0.25, 0.3) is 0 Å². The molecule has 2 aromatic rings. The van der Waals surface area contributed by atoms with Gasteiger partial charge in [-0.3, -0.25) is 5.10 Å². The number of alkyl halides is 1. The molecule has 2 aromatic heterocycles. The van der Waals surface area contributed by atoms with Gasteiger partial charge in [0.05, 0.1) is 6.54 Å². The van der Waals surface area contributed by atoms with Crippen LogP contribution in [0.2, 0.25) is 0 Å². The van der Waals surface area contributed by atoms with Crippen molar-refractivity contribution in [2.24, 2.45) is 11.7 Å². The fourth-order valence-corrected chi connectivity index (χ4v) is 3.77. The predicted octanol–water partition coefficient (Wildman–Crippen LogP) is 2.33. The maximum Gasteiger partial charge on any atom is 0.227 e. The molecule has 4 rings (SSSR count). The van der Waals surface area contributed by atoms with Crippen LogP contribution >= 0.6 is 0 Å². The molecule has 0 radical (unpaired) electrons. The molecule has 8 heteroatoms. The van der Waals surface area contributed by atoms with Crippen molar-refractivity contribution >= 4 is 17.6 Å². The average Bonchev–Trinajstić information content (AvgIpc) is 3.35. The first-order chi connectivity index (χ1) is 12.2. The number of rotatable bonds is 5. The van der Waals surface area contributed by atoms with E-state index >= 15 is 0 Å². The summed E-state index contributed by atoms with van der Waals surface area (Å²) in [6.45, 7) is 1.18. The van der Waals surface area contributed by atoms with Crippen molar-refractivity contribution in [3.05, 3.63) is 24.0 Å². The number of nitrogens with one attached hydrogen (secondary N) is 2. The highest BCUT2D eigenvalue weighted by Gasteiger charge is 2.33. The lowest BCUT2D eigenvalue weighted by Gasteiger charge is -2.16. The van der Waals surface area contributed by atoms with E-state index in [4.69, 9.17) is 5.73 Å². The van der Waals surface area contributed by atoms with Gasteiger partial charge in [0.15, 0.2) is 5.82 Å².